The molecular formula is C12H11NO. The van der Waals surface area contributed by atoms with Crippen LogP contribution in [-0.4, -0.2) is 5.78 Å². The van der Waals surface area contributed by atoms with Crippen LogP contribution in [-0.2, 0) is 12.8 Å². The standard InChI is InChI=1S/C12H11NO/c1-8(14)10-6-5-9(7-13)11-3-2-4-12(10)11/h5-6H,2-4H2,1H3. The van der Waals surface area contributed by atoms with Gasteiger partial charge in [0.2, 0.25) is 0 Å². The van der Waals surface area contributed by atoms with Crippen LogP contribution in [0.1, 0.15) is 40.4 Å². The highest BCUT2D eigenvalue weighted by atomic mass is 16.1. The summed E-state index contributed by atoms with van der Waals surface area (Å²) < 4.78 is 0. The minimum Gasteiger partial charge on any atom is -0.295 e. The third-order valence-corrected chi connectivity index (χ3v) is 2.78. The largest absolute Gasteiger partial charge is 0.295 e. The van der Waals surface area contributed by atoms with Gasteiger partial charge in [-0.15, -0.1) is 0 Å². The van der Waals surface area contributed by atoms with Gasteiger partial charge < -0.3 is 0 Å². The number of nitriles is 1. The minimum atomic E-state index is 0.104. The average Bonchev–Trinajstić information content (AvgIpc) is 2.64. The molecule has 0 amide bonds. The molecule has 0 aromatic heterocycles. The number of fused-ring (bicyclic) bond motifs is 1. The lowest BCUT2D eigenvalue weighted by Gasteiger charge is -2.06. The average molecular weight is 185 g/mol. The molecule has 1 aromatic rings. The van der Waals surface area contributed by atoms with Gasteiger partial charge in [-0.3, -0.25) is 4.79 Å². The number of carbonyl (C=O) groups excluding carboxylic acids is 1. The zero-order valence-corrected chi connectivity index (χ0v) is 8.13. The summed E-state index contributed by atoms with van der Waals surface area (Å²) in [4.78, 5) is 11.3. The van der Waals surface area contributed by atoms with Crippen molar-refractivity contribution in [3.8, 4) is 6.07 Å². The molecule has 1 aliphatic carbocycles. The van der Waals surface area contributed by atoms with E-state index in [0.29, 0.717) is 0 Å². The van der Waals surface area contributed by atoms with Crippen molar-refractivity contribution >= 4 is 5.78 Å². The number of carbonyl (C=O) groups is 1. The number of nitrogens with zero attached hydrogens (tertiary/aromatic N) is 1. The highest BCUT2D eigenvalue weighted by Crippen LogP contribution is 2.28. The Hall–Kier alpha value is -1.62. The second kappa shape index (κ2) is 3.26. The highest BCUT2D eigenvalue weighted by molar-refractivity contribution is 5.96. The van der Waals surface area contributed by atoms with Gasteiger partial charge in [0.25, 0.3) is 0 Å². The second-order valence-corrected chi connectivity index (χ2v) is 3.64. The maximum Gasteiger partial charge on any atom is 0.160 e. The molecule has 1 aliphatic rings. The molecule has 0 saturated carbocycles. The summed E-state index contributed by atoms with van der Waals surface area (Å²) in [5, 5.41) is 8.90. The van der Waals surface area contributed by atoms with Gasteiger partial charge in [-0.05, 0) is 49.4 Å². The van der Waals surface area contributed by atoms with E-state index in [9.17, 15) is 4.79 Å². The van der Waals surface area contributed by atoms with Crippen LogP contribution in [0.15, 0.2) is 12.1 Å². The van der Waals surface area contributed by atoms with E-state index in [-0.39, 0.29) is 5.78 Å². The predicted octanol–water partition coefficient (Wildman–Crippen LogP) is 2.25. The van der Waals surface area contributed by atoms with Crippen molar-refractivity contribution in [1.29, 1.82) is 5.26 Å². The van der Waals surface area contributed by atoms with Crippen molar-refractivity contribution in [2.45, 2.75) is 26.2 Å². The molecule has 2 heteroatoms. The summed E-state index contributed by atoms with van der Waals surface area (Å²) in [5.74, 6) is 0.104. The Morgan fingerprint density at radius 2 is 2.07 bits per heavy atom. The van der Waals surface area contributed by atoms with Gasteiger partial charge in [-0.2, -0.15) is 5.26 Å². The molecule has 0 N–H and O–H groups in total. The molecular weight excluding hydrogens is 174 g/mol. The highest BCUT2D eigenvalue weighted by Gasteiger charge is 2.19. The molecule has 0 aliphatic heterocycles. The fraction of sp³-hybridized carbons (Fsp3) is 0.333. The van der Waals surface area contributed by atoms with Crippen molar-refractivity contribution in [3.05, 3.63) is 34.4 Å². The Labute approximate surface area is 83.2 Å². The molecule has 2 rings (SSSR count). The Morgan fingerprint density at radius 1 is 1.36 bits per heavy atom. The predicted molar refractivity (Wildman–Crippen MR) is 53.2 cm³/mol. The number of Topliss-reactive ketones (excluding diaryl/α,β-unsaturated/α-hetero) is 1. The van der Waals surface area contributed by atoms with Gasteiger partial charge in [0.1, 0.15) is 0 Å². The van der Waals surface area contributed by atoms with Gasteiger partial charge in [-0.1, -0.05) is 0 Å². The molecule has 0 fully saturated rings. The second-order valence-electron chi connectivity index (χ2n) is 3.64. The third-order valence-electron chi connectivity index (χ3n) is 2.78. The van der Waals surface area contributed by atoms with E-state index in [1.807, 2.05) is 0 Å². The monoisotopic (exact) mass is 185 g/mol. The van der Waals surface area contributed by atoms with Gasteiger partial charge in [0.15, 0.2) is 5.78 Å². The van der Waals surface area contributed by atoms with E-state index in [1.54, 1.807) is 19.1 Å². The first-order valence-corrected chi connectivity index (χ1v) is 4.80. The summed E-state index contributed by atoms with van der Waals surface area (Å²) >= 11 is 0. The van der Waals surface area contributed by atoms with Crippen molar-refractivity contribution in [2.75, 3.05) is 0 Å². The van der Waals surface area contributed by atoms with Crippen LogP contribution >= 0.6 is 0 Å². The zero-order chi connectivity index (χ0) is 10.1. The van der Waals surface area contributed by atoms with Crippen molar-refractivity contribution in [1.82, 2.24) is 0 Å². The molecule has 0 spiro atoms. The lowest BCUT2D eigenvalue weighted by atomic mass is 9.97. The first kappa shape index (κ1) is 8.96. The maximum absolute atomic E-state index is 11.3. The molecule has 0 saturated heterocycles. The molecule has 0 bridgehead atoms. The van der Waals surface area contributed by atoms with Crippen LogP contribution in [0.3, 0.4) is 0 Å². The summed E-state index contributed by atoms with van der Waals surface area (Å²) in [6.45, 7) is 1.58. The van der Waals surface area contributed by atoms with E-state index >= 15 is 0 Å². The first-order chi connectivity index (χ1) is 6.74. The maximum atomic E-state index is 11.3. The number of ketones is 1. The van der Waals surface area contributed by atoms with Crippen LogP contribution < -0.4 is 0 Å². The van der Waals surface area contributed by atoms with Crippen molar-refractivity contribution in [3.63, 3.8) is 0 Å². The van der Waals surface area contributed by atoms with E-state index in [0.717, 1.165) is 41.5 Å². The normalized spacial score (nSPS) is 13.4. The number of rotatable bonds is 1. The fourth-order valence-electron chi connectivity index (χ4n) is 2.14. The molecule has 0 heterocycles. The lowest BCUT2D eigenvalue weighted by Crippen LogP contribution is -2.00. The Balaban J connectivity index is 2.65. The quantitative estimate of drug-likeness (QED) is 0.629. The van der Waals surface area contributed by atoms with Crippen molar-refractivity contribution in [2.24, 2.45) is 0 Å². The van der Waals surface area contributed by atoms with E-state index in [4.69, 9.17) is 5.26 Å². The number of hydrogen-bond acceptors (Lipinski definition) is 2. The van der Waals surface area contributed by atoms with Crippen LogP contribution in [0.2, 0.25) is 0 Å². The number of hydrogen-bond donors (Lipinski definition) is 0. The third kappa shape index (κ3) is 1.22. The van der Waals surface area contributed by atoms with E-state index in [2.05, 4.69) is 6.07 Å². The molecule has 0 unspecified atom stereocenters. The minimum absolute atomic E-state index is 0.104. The summed E-state index contributed by atoms with van der Waals surface area (Å²) in [6, 6.07) is 5.73. The van der Waals surface area contributed by atoms with Gasteiger partial charge in [0.05, 0.1) is 11.6 Å². The van der Waals surface area contributed by atoms with Crippen LogP contribution in [0.25, 0.3) is 0 Å². The van der Waals surface area contributed by atoms with Gasteiger partial charge in [0, 0.05) is 5.56 Å². The molecule has 2 nitrogen and oxygen atoms in total. The summed E-state index contributed by atoms with van der Waals surface area (Å²) in [7, 11) is 0. The zero-order valence-electron chi connectivity index (χ0n) is 8.13. The summed E-state index contributed by atoms with van der Waals surface area (Å²) in [6.07, 6.45) is 2.95. The Morgan fingerprint density at radius 3 is 2.71 bits per heavy atom. The van der Waals surface area contributed by atoms with Crippen LogP contribution in [0, 0.1) is 11.3 Å². The SMILES string of the molecule is CC(=O)c1ccc(C#N)c2c1CCC2. The number of benzene rings is 1. The van der Waals surface area contributed by atoms with E-state index in [1.165, 1.54) is 0 Å². The molecule has 1 aromatic carbocycles. The first-order valence-electron chi connectivity index (χ1n) is 4.80. The van der Waals surface area contributed by atoms with Crippen LogP contribution in [0.5, 0.6) is 0 Å². The molecule has 14 heavy (non-hydrogen) atoms. The molecule has 70 valence electrons. The Bertz CT molecular complexity index is 440. The van der Waals surface area contributed by atoms with Crippen LogP contribution in [0.4, 0.5) is 0 Å². The fourth-order valence-corrected chi connectivity index (χ4v) is 2.14. The van der Waals surface area contributed by atoms with Gasteiger partial charge in [-0.25, -0.2) is 0 Å². The van der Waals surface area contributed by atoms with Gasteiger partial charge >= 0.3 is 0 Å². The lowest BCUT2D eigenvalue weighted by molar-refractivity contribution is 0.101. The molecule has 0 radical (unpaired) electrons. The summed E-state index contributed by atoms with van der Waals surface area (Å²) in [5.41, 5.74) is 3.75. The topological polar surface area (TPSA) is 40.9 Å². The van der Waals surface area contributed by atoms with E-state index < -0.39 is 0 Å². The molecule has 0 atom stereocenters. The smallest absolute Gasteiger partial charge is 0.160 e. The van der Waals surface area contributed by atoms with Crippen molar-refractivity contribution < 1.29 is 4.79 Å². The Kier molecular flexibility index (Phi) is 2.09.